The average molecular weight is 367 g/mol. The second-order valence-corrected chi connectivity index (χ2v) is 5.60. The third kappa shape index (κ3) is 4.27. The fraction of sp³-hybridized carbons (Fsp3) is 0.250. The summed E-state index contributed by atoms with van der Waals surface area (Å²) >= 11 is 3.07. The first-order valence-electron chi connectivity index (χ1n) is 6.68. The van der Waals surface area contributed by atoms with Crippen LogP contribution in [0.2, 0.25) is 0 Å². The van der Waals surface area contributed by atoms with Crippen molar-refractivity contribution in [3.63, 3.8) is 0 Å². The number of halogens is 2. The number of nitrogens with one attached hydrogen (secondary N) is 2. The summed E-state index contributed by atoms with van der Waals surface area (Å²) < 4.78 is 13.7. The summed E-state index contributed by atoms with van der Waals surface area (Å²) in [5.41, 5.74) is 2.21. The van der Waals surface area contributed by atoms with Gasteiger partial charge in [0.1, 0.15) is 11.7 Å². The highest BCUT2D eigenvalue weighted by atomic mass is 79.9. The standard InChI is InChI=1S/C13H14BrFN4.C3H6/c1-7-10(13(16)19(3)8(2)17-7)6-9-4-5-11(14)12(15)18-9;1-3-2/h4-5,16-17H,2,6H2,1,3H3;3H,1H2,2H3. The summed E-state index contributed by atoms with van der Waals surface area (Å²) in [6, 6.07) is 3.36. The molecule has 0 aromatic carbocycles. The Balaban J connectivity index is 0.000000745. The number of allylic oxidation sites excluding steroid dienone is 2. The molecule has 0 radical (unpaired) electrons. The number of pyridine rings is 1. The lowest BCUT2D eigenvalue weighted by Gasteiger charge is -2.31. The van der Waals surface area contributed by atoms with Crippen molar-refractivity contribution in [2.24, 2.45) is 0 Å². The van der Waals surface area contributed by atoms with Gasteiger partial charge >= 0.3 is 0 Å². The number of hydrogen-bond donors (Lipinski definition) is 2. The highest BCUT2D eigenvalue weighted by molar-refractivity contribution is 9.10. The Morgan fingerprint density at radius 3 is 2.64 bits per heavy atom. The van der Waals surface area contributed by atoms with Crippen molar-refractivity contribution in [3.05, 3.63) is 64.6 Å². The van der Waals surface area contributed by atoms with Crippen LogP contribution in [0, 0.1) is 11.4 Å². The average Bonchev–Trinajstić information content (AvgIpc) is 2.46. The summed E-state index contributed by atoms with van der Waals surface area (Å²) in [5, 5.41) is 11.2. The lowest BCUT2D eigenvalue weighted by molar-refractivity contribution is 0.549. The van der Waals surface area contributed by atoms with Crippen LogP contribution >= 0.6 is 15.9 Å². The number of rotatable bonds is 2. The fourth-order valence-corrected chi connectivity index (χ4v) is 2.06. The Hall–Kier alpha value is -1.95. The molecule has 4 nitrogen and oxygen atoms in total. The minimum absolute atomic E-state index is 0.337. The maximum absolute atomic E-state index is 13.4. The molecule has 0 saturated heterocycles. The summed E-state index contributed by atoms with van der Waals surface area (Å²) in [6.07, 6.45) is 2.15. The van der Waals surface area contributed by atoms with Gasteiger partial charge in [-0.25, -0.2) is 4.98 Å². The number of aromatic nitrogens is 1. The van der Waals surface area contributed by atoms with Gasteiger partial charge in [-0.2, -0.15) is 4.39 Å². The highest BCUT2D eigenvalue weighted by Crippen LogP contribution is 2.21. The van der Waals surface area contributed by atoms with E-state index in [1.165, 1.54) is 0 Å². The van der Waals surface area contributed by atoms with Gasteiger partial charge in [0.05, 0.1) is 4.47 Å². The lowest BCUT2D eigenvalue weighted by Crippen LogP contribution is -2.39. The number of likely N-dealkylation sites (N-methyl/N-ethyl adjacent to an activating group) is 1. The predicted molar refractivity (Wildman–Crippen MR) is 91.9 cm³/mol. The van der Waals surface area contributed by atoms with E-state index in [4.69, 9.17) is 5.41 Å². The first-order chi connectivity index (χ1) is 10.3. The topological polar surface area (TPSA) is 52.0 Å². The van der Waals surface area contributed by atoms with E-state index < -0.39 is 5.95 Å². The van der Waals surface area contributed by atoms with Crippen LogP contribution in [0.15, 0.2) is 52.9 Å². The van der Waals surface area contributed by atoms with E-state index in [1.807, 2.05) is 13.8 Å². The molecule has 0 aliphatic carbocycles. The fourth-order valence-electron chi connectivity index (χ4n) is 1.84. The van der Waals surface area contributed by atoms with Gasteiger partial charge in [0.15, 0.2) is 0 Å². The second-order valence-electron chi connectivity index (χ2n) is 4.74. The zero-order valence-electron chi connectivity index (χ0n) is 13.0. The first kappa shape index (κ1) is 18.1. The Labute approximate surface area is 139 Å². The molecule has 1 aromatic heterocycles. The van der Waals surface area contributed by atoms with Gasteiger partial charge in [-0.3, -0.25) is 5.41 Å². The van der Waals surface area contributed by atoms with Crippen LogP contribution in [0.5, 0.6) is 0 Å². The van der Waals surface area contributed by atoms with Crippen LogP contribution in [0.3, 0.4) is 0 Å². The minimum Gasteiger partial charge on any atom is -0.346 e. The van der Waals surface area contributed by atoms with E-state index in [0.29, 0.717) is 28.2 Å². The molecule has 2 heterocycles. The zero-order chi connectivity index (χ0) is 16.9. The van der Waals surface area contributed by atoms with Crippen molar-refractivity contribution < 1.29 is 4.39 Å². The van der Waals surface area contributed by atoms with Crippen LogP contribution in [0.4, 0.5) is 4.39 Å². The van der Waals surface area contributed by atoms with Crippen molar-refractivity contribution in [3.8, 4) is 0 Å². The van der Waals surface area contributed by atoms with Crippen molar-refractivity contribution in [1.29, 1.82) is 5.41 Å². The molecule has 0 amide bonds. The molecule has 22 heavy (non-hydrogen) atoms. The van der Waals surface area contributed by atoms with Crippen molar-refractivity contribution >= 4 is 21.8 Å². The van der Waals surface area contributed by atoms with Crippen molar-refractivity contribution in [1.82, 2.24) is 15.2 Å². The van der Waals surface area contributed by atoms with E-state index in [0.717, 1.165) is 11.3 Å². The van der Waals surface area contributed by atoms with Gasteiger partial charge < -0.3 is 10.2 Å². The van der Waals surface area contributed by atoms with E-state index >= 15 is 0 Å². The molecule has 2 rings (SSSR count). The predicted octanol–water partition coefficient (Wildman–Crippen LogP) is 3.98. The SMILES string of the molecule is C=C1NC(C)=C(Cc2ccc(Br)c(F)n2)C(=N)N1C.C=CC. The van der Waals surface area contributed by atoms with Gasteiger partial charge in [0, 0.05) is 30.4 Å². The van der Waals surface area contributed by atoms with Crippen LogP contribution in [-0.2, 0) is 6.42 Å². The quantitative estimate of drug-likeness (QED) is 0.614. The molecule has 6 heteroatoms. The van der Waals surface area contributed by atoms with E-state index in [9.17, 15) is 4.39 Å². The smallest absolute Gasteiger partial charge is 0.227 e. The van der Waals surface area contributed by atoms with E-state index in [1.54, 1.807) is 30.2 Å². The molecule has 0 spiro atoms. The minimum atomic E-state index is -0.538. The van der Waals surface area contributed by atoms with Crippen molar-refractivity contribution in [2.45, 2.75) is 20.3 Å². The molecule has 0 fully saturated rings. The summed E-state index contributed by atoms with van der Waals surface area (Å²) in [5.74, 6) is 0.469. The number of nitrogens with zero attached hydrogens (tertiary/aromatic N) is 2. The van der Waals surface area contributed by atoms with Gasteiger partial charge in [-0.05, 0) is 41.9 Å². The maximum atomic E-state index is 13.4. The normalized spacial score (nSPS) is 14.3. The molecule has 0 unspecified atom stereocenters. The third-order valence-corrected chi connectivity index (χ3v) is 3.62. The van der Waals surface area contributed by atoms with Gasteiger partial charge in [0.25, 0.3) is 0 Å². The molecule has 118 valence electrons. The van der Waals surface area contributed by atoms with Gasteiger partial charge in [-0.15, -0.1) is 6.58 Å². The van der Waals surface area contributed by atoms with E-state index in [2.05, 4.69) is 39.4 Å². The maximum Gasteiger partial charge on any atom is 0.227 e. The van der Waals surface area contributed by atoms with Gasteiger partial charge in [-0.1, -0.05) is 12.7 Å². The van der Waals surface area contributed by atoms with Crippen LogP contribution in [0.1, 0.15) is 19.5 Å². The molecule has 0 bridgehead atoms. The first-order valence-corrected chi connectivity index (χ1v) is 7.47. The van der Waals surface area contributed by atoms with E-state index in [-0.39, 0.29) is 0 Å². The lowest BCUT2D eigenvalue weighted by atomic mass is 10.0. The molecule has 0 saturated carbocycles. The van der Waals surface area contributed by atoms with Crippen LogP contribution in [-0.4, -0.2) is 22.8 Å². The Morgan fingerprint density at radius 2 is 2.09 bits per heavy atom. The molecule has 1 aliphatic rings. The monoisotopic (exact) mass is 366 g/mol. The van der Waals surface area contributed by atoms with Crippen molar-refractivity contribution in [2.75, 3.05) is 7.05 Å². The second kappa shape index (κ2) is 7.89. The Bertz CT molecular complexity index is 637. The largest absolute Gasteiger partial charge is 0.346 e. The molecule has 0 atom stereocenters. The molecule has 1 aromatic rings. The van der Waals surface area contributed by atoms with Crippen LogP contribution < -0.4 is 5.32 Å². The summed E-state index contributed by atoms with van der Waals surface area (Å²) in [7, 11) is 1.76. The Kier molecular flexibility index (Phi) is 6.49. The third-order valence-electron chi connectivity index (χ3n) is 3.03. The Morgan fingerprint density at radius 1 is 1.50 bits per heavy atom. The number of hydrogen-bond acceptors (Lipinski definition) is 3. The van der Waals surface area contributed by atoms with Crippen LogP contribution in [0.25, 0.3) is 0 Å². The summed E-state index contributed by atoms with van der Waals surface area (Å²) in [4.78, 5) is 5.52. The molecular weight excluding hydrogens is 347 g/mol. The highest BCUT2D eigenvalue weighted by Gasteiger charge is 2.22. The molecule has 2 N–H and O–H groups in total. The number of amidine groups is 1. The molecule has 1 aliphatic heterocycles. The van der Waals surface area contributed by atoms with Gasteiger partial charge in [0.2, 0.25) is 5.95 Å². The molecular formula is C16H20BrFN4. The summed E-state index contributed by atoms with van der Waals surface area (Å²) in [6.45, 7) is 10.9. The zero-order valence-corrected chi connectivity index (χ0v) is 14.6.